The van der Waals surface area contributed by atoms with Gasteiger partial charge in [0, 0.05) is 28.1 Å². The zero-order valence-electron chi connectivity index (χ0n) is 14.6. The van der Waals surface area contributed by atoms with Gasteiger partial charge in [0.2, 0.25) is 0 Å². The minimum atomic E-state index is -0.337. The summed E-state index contributed by atoms with van der Waals surface area (Å²) in [5.41, 5.74) is 1.35. The lowest BCUT2D eigenvalue weighted by Crippen LogP contribution is -2.12. The number of benzene rings is 2. The Kier molecular flexibility index (Phi) is 6.21. The molecule has 0 radical (unpaired) electrons. The van der Waals surface area contributed by atoms with E-state index in [1.165, 1.54) is 31.6 Å². The summed E-state index contributed by atoms with van der Waals surface area (Å²) in [6.07, 6.45) is 2.38. The number of carbonyl (C=O) groups is 1. The molecule has 8 heteroatoms. The quantitative estimate of drug-likeness (QED) is 0.584. The van der Waals surface area contributed by atoms with Crippen molar-refractivity contribution >= 4 is 45.6 Å². The molecule has 0 aliphatic rings. The van der Waals surface area contributed by atoms with E-state index in [0.29, 0.717) is 38.7 Å². The smallest absolute Gasteiger partial charge is 0.257 e. The molecule has 5 nitrogen and oxygen atoms in total. The van der Waals surface area contributed by atoms with Crippen LogP contribution in [0.2, 0.25) is 10.0 Å². The highest BCUT2D eigenvalue weighted by Crippen LogP contribution is 2.36. The van der Waals surface area contributed by atoms with Gasteiger partial charge >= 0.3 is 0 Å². The van der Waals surface area contributed by atoms with Crippen molar-refractivity contribution in [3.8, 4) is 11.5 Å². The van der Waals surface area contributed by atoms with E-state index in [4.69, 9.17) is 32.7 Å². The Labute approximate surface area is 170 Å². The molecule has 0 fully saturated rings. The normalized spacial score (nSPS) is 10.5. The molecular formula is C19H16Cl2N2O3S. The zero-order valence-corrected chi connectivity index (χ0v) is 16.9. The Balaban J connectivity index is 1.75. The van der Waals surface area contributed by atoms with E-state index < -0.39 is 0 Å². The monoisotopic (exact) mass is 422 g/mol. The maximum absolute atomic E-state index is 12.5. The third-order valence-electron chi connectivity index (χ3n) is 3.79. The van der Waals surface area contributed by atoms with Gasteiger partial charge in [-0.2, -0.15) is 0 Å². The second-order valence-electron chi connectivity index (χ2n) is 5.55. The molecule has 0 atom stereocenters. The molecule has 0 saturated heterocycles. The molecular weight excluding hydrogens is 407 g/mol. The number of ether oxygens (including phenoxy) is 2. The van der Waals surface area contributed by atoms with Crippen molar-refractivity contribution in [2.24, 2.45) is 0 Å². The fraction of sp³-hybridized carbons (Fsp3) is 0.158. The van der Waals surface area contributed by atoms with Gasteiger partial charge in [-0.05, 0) is 23.8 Å². The highest BCUT2D eigenvalue weighted by Gasteiger charge is 2.16. The van der Waals surface area contributed by atoms with Crippen molar-refractivity contribution in [1.82, 2.24) is 4.98 Å². The number of anilines is 1. The van der Waals surface area contributed by atoms with Crippen LogP contribution in [0.1, 0.15) is 20.8 Å². The fourth-order valence-corrected chi connectivity index (χ4v) is 3.82. The van der Waals surface area contributed by atoms with Gasteiger partial charge in [-0.25, -0.2) is 4.98 Å². The summed E-state index contributed by atoms with van der Waals surface area (Å²) >= 11 is 13.7. The summed E-state index contributed by atoms with van der Waals surface area (Å²) in [6.45, 7) is 0. The maximum Gasteiger partial charge on any atom is 0.257 e. The average molecular weight is 423 g/mol. The third-order valence-corrected chi connectivity index (χ3v) is 5.35. The number of nitrogens with zero attached hydrogens (tertiary/aromatic N) is 1. The molecule has 27 heavy (non-hydrogen) atoms. The van der Waals surface area contributed by atoms with E-state index in [9.17, 15) is 4.79 Å². The third kappa shape index (κ3) is 4.53. The molecule has 3 aromatic rings. The van der Waals surface area contributed by atoms with Gasteiger partial charge in [0.25, 0.3) is 5.91 Å². The van der Waals surface area contributed by atoms with E-state index in [1.54, 1.807) is 12.3 Å². The van der Waals surface area contributed by atoms with Gasteiger partial charge in [0.05, 0.1) is 19.2 Å². The number of aromatic nitrogens is 1. The van der Waals surface area contributed by atoms with E-state index in [0.717, 1.165) is 10.4 Å². The van der Waals surface area contributed by atoms with Crippen molar-refractivity contribution in [2.75, 3.05) is 19.5 Å². The van der Waals surface area contributed by atoms with Crippen LogP contribution in [-0.2, 0) is 6.42 Å². The average Bonchev–Trinajstić information content (AvgIpc) is 3.09. The maximum atomic E-state index is 12.5. The number of rotatable bonds is 6. The largest absolute Gasteiger partial charge is 0.493 e. The Morgan fingerprint density at radius 2 is 1.93 bits per heavy atom. The summed E-state index contributed by atoms with van der Waals surface area (Å²) < 4.78 is 10.4. The number of hydrogen-bond acceptors (Lipinski definition) is 5. The van der Waals surface area contributed by atoms with Crippen LogP contribution in [0.5, 0.6) is 11.5 Å². The minimum absolute atomic E-state index is 0.292. The van der Waals surface area contributed by atoms with Crippen LogP contribution in [0.3, 0.4) is 0 Å². The van der Waals surface area contributed by atoms with Crippen molar-refractivity contribution in [3.63, 3.8) is 0 Å². The number of nitrogens with one attached hydrogen (secondary N) is 1. The van der Waals surface area contributed by atoms with Crippen LogP contribution >= 0.6 is 34.5 Å². The van der Waals surface area contributed by atoms with Crippen LogP contribution < -0.4 is 14.8 Å². The number of hydrogen-bond donors (Lipinski definition) is 1. The van der Waals surface area contributed by atoms with Gasteiger partial charge in [0.1, 0.15) is 0 Å². The first kappa shape index (κ1) is 19.5. The fourth-order valence-electron chi connectivity index (χ4n) is 2.49. The topological polar surface area (TPSA) is 60.5 Å². The van der Waals surface area contributed by atoms with Crippen LogP contribution in [-0.4, -0.2) is 25.1 Å². The molecule has 0 saturated carbocycles. The first-order chi connectivity index (χ1) is 13.0. The SMILES string of the molecule is COc1cc(C(=O)Nc2ncc(Cc3ccccc3Cl)s2)cc(Cl)c1OC. The summed E-state index contributed by atoms with van der Waals surface area (Å²) in [4.78, 5) is 17.8. The zero-order chi connectivity index (χ0) is 19.4. The summed E-state index contributed by atoms with van der Waals surface area (Å²) in [5.74, 6) is 0.428. The molecule has 0 unspecified atom stereocenters. The van der Waals surface area contributed by atoms with Crippen LogP contribution in [0, 0.1) is 0 Å². The molecule has 1 heterocycles. The van der Waals surface area contributed by atoms with E-state index in [-0.39, 0.29) is 5.91 Å². The lowest BCUT2D eigenvalue weighted by molar-refractivity contribution is 0.102. The molecule has 1 aromatic heterocycles. The highest BCUT2D eigenvalue weighted by atomic mass is 35.5. The summed E-state index contributed by atoms with van der Waals surface area (Å²) in [6, 6.07) is 10.7. The second kappa shape index (κ2) is 8.61. The molecule has 0 bridgehead atoms. The predicted molar refractivity (Wildman–Crippen MR) is 109 cm³/mol. The van der Waals surface area contributed by atoms with Gasteiger partial charge in [0.15, 0.2) is 16.6 Å². The Bertz CT molecular complexity index is 975. The van der Waals surface area contributed by atoms with Gasteiger partial charge in [-0.1, -0.05) is 41.4 Å². The van der Waals surface area contributed by atoms with E-state index in [2.05, 4.69) is 10.3 Å². The number of methoxy groups -OCH3 is 2. The van der Waals surface area contributed by atoms with Crippen LogP contribution in [0.25, 0.3) is 0 Å². The molecule has 1 N–H and O–H groups in total. The van der Waals surface area contributed by atoms with Crippen molar-refractivity contribution < 1.29 is 14.3 Å². The van der Waals surface area contributed by atoms with Crippen molar-refractivity contribution in [2.45, 2.75) is 6.42 Å². The lowest BCUT2D eigenvalue weighted by Gasteiger charge is -2.11. The van der Waals surface area contributed by atoms with Crippen molar-refractivity contribution in [3.05, 3.63) is 68.6 Å². The molecule has 2 aromatic carbocycles. The van der Waals surface area contributed by atoms with E-state index in [1.807, 2.05) is 24.3 Å². The second-order valence-corrected chi connectivity index (χ2v) is 7.48. The summed E-state index contributed by atoms with van der Waals surface area (Å²) in [5, 5.41) is 4.27. The molecule has 3 rings (SSSR count). The van der Waals surface area contributed by atoms with Crippen LogP contribution in [0.15, 0.2) is 42.6 Å². The van der Waals surface area contributed by atoms with Crippen molar-refractivity contribution in [1.29, 1.82) is 0 Å². The Hall–Kier alpha value is -2.28. The van der Waals surface area contributed by atoms with Gasteiger partial charge in [-0.3, -0.25) is 10.1 Å². The summed E-state index contributed by atoms with van der Waals surface area (Å²) in [7, 11) is 2.97. The highest BCUT2D eigenvalue weighted by molar-refractivity contribution is 7.15. The Morgan fingerprint density at radius 3 is 2.63 bits per heavy atom. The lowest BCUT2D eigenvalue weighted by atomic mass is 10.1. The molecule has 140 valence electrons. The Morgan fingerprint density at radius 1 is 1.15 bits per heavy atom. The molecule has 0 aliphatic heterocycles. The standard InChI is InChI=1S/C19H16Cl2N2O3S/c1-25-16-9-12(8-15(21)17(16)26-2)18(24)23-19-22-10-13(27-19)7-11-5-3-4-6-14(11)20/h3-6,8-10H,7H2,1-2H3,(H,22,23,24). The number of halogens is 2. The first-order valence-corrected chi connectivity index (χ1v) is 9.50. The number of carbonyl (C=O) groups excluding carboxylic acids is 1. The number of thiazole rings is 1. The first-order valence-electron chi connectivity index (χ1n) is 7.92. The van der Waals surface area contributed by atoms with Crippen LogP contribution in [0.4, 0.5) is 5.13 Å². The van der Waals surface area contributed by atoms with Gasteiger partial charge in [-0.15, -0.1) is 11.3 Å². The minimum Gasteiger partial charge on any atom is -0.493 e. The molecule has 1 amide bonds. The van der Waals surface area contributed by atoms with Gasteiger partial charge < -0.3 is 9.47 Å². The molecule has 0 aliphatic carbocycles. The predicted octanol–water partition coefficient (Wildman–Crippen LogP) is 5.31. The van der Waals surface area contributed by atoms with E-state index >= 15 is 0 Å². The number of amides is 1. The molecule has 0 spiro atoms.